The summed E-state index contributed by atoms with van der Waals surface area (Å²) in [6.07, 6.45) is 0. The number of hydrogen-bond donors (Lipinski definition) is 1. The van der Waals surface area contributed by atoms with Crippen molar-refractivity contribution in [2.24, 2.45) is 0 Å². The molecule has 20 heavy (non-hydrogen) atoms. The summed E-state index contributed by atoms with van der Waals surface area (Å²) in [5.74, 6) is -0.134. The van der Waals surface area contributed by atoms with Gasteiger partial charge in [-0.1, -0.05) is 12.1 Å². The zero-order valence-corrected chi connectivity index (χ0v) is 12.8. The van der Waals surface area contributed by atoms with Crippen molar-refractivity contribution in [2.45, 2.75) is 26.3 Å². The number of anilines is 1. The van der Waals surface area contributed by atoms with Crippen LogP contribution in [0.15, 0.2) is 24.3 Å². The van der Waals surface area contributed by atoms with E-state index in [0.717, 1.165) is 39.3 Å². The second-order valence-corrected chi connectivity index (χ2v) is 6.02. The van der Waals surface area contributed by atoms with E-state index >= 15 is 0 Å². The number of nitrogens with one attached hydrogen (secondary N) is 1. The third-order valence-corrected chi connectivity index (χ3v) is 4.13. The summed E-state index contributed by atoms with van der Waals surface area (Å²) in [6, 6.07) is 7.05. The van der Waals surface area contributed by atoms with Crippen LogP contribution >= 0.6 is 0 Å². The van der Waals surface area contributed by atoms with Gasteiger partial charge in [-0.15, -0.1) is 0 Å². The number of benzene rings is 1. The van der Waals surface area contributed by atoms with Gasteiger partial charge < -0.3 is 10.2 Å². The highest BCUT2D eigenvalue weighted by molar-refractivity contribution is 5.47. The van der Waals surface area contributed by atoms with Gasteiger partial charge in [0.15, 0.2) is 0 Å². The first-order chi connectivity index (χ1) is 9.54. The molecule has 3 nitrogen and oxygen atoms in total. The van der Waals surface area contributed by atoms with Gasteiger partial charge in [0, 0.05) is 44.8 Å². The van der Waals surface area contributed by atoms with Crippen LogP contribution in [0, 0.1) is 5.82 Å². The maximum atomic E-state index is 14.0. The van der Waals surface area contributed by atoms with Crippen molar-refractivity contribution in [3.05, 3.63) is 30.1 Å². The predicted molar refractivity (Wildman–Crippen MR) is 82.8 cm³/mol. The van der Waals surface area contributed by atoms with Gasteiger partial charge in [-0.25, -0.2) is 4.39 Å². The average molecular weight is 279 g/mol. The molecule has 0 unspecified atom stereocenters. The van der Waals surface area contributed by atoms with Gasteiger partial charge in [-0.3, -0.25) is 4.90 Å². The van der Waals surface area contributed by atoms with Crippen molar-refractivity contribution in [1.82, 2.24) is 10.2 Å². The molecule has 1 heterocycles. The number of para-hydroxylation sites is 1. The molecule has 2 rings (SSSR count). The van der Waals surface area contributed by atoms with Crippen molar-refractivity contribution >= 4 is 5.69 Å². The molecule has 0 spiro atoms. The Labute approximate surface area is 121 Å². The van der Waals surface area contributed by atoms with Gasteiger partial charge in [0.05, 0.1) is 5.69 Å². The average Bonchev–Trinajstić information content (AvgIpc) is 2.46. The van der Waals surface area contributed by atoms with Crippen LogP contribution in [0.5, 0.6) is 0 Å². The molecule has 1 fully saturated rings. The molecule has 0 aliphatic carbocycles. The molecule has 1 N–H and O–H groups in total. The fourth-order valence-corrected chi connectivity index (χ4v) is 2.91. The SMILES string of the molecule is CCN(CC(C)(C)N1CCNCC1)c1ccccc1F. The van der Waals surface area contributed by atoms with Crippen LogP contribution in [0.3, 0.4) is 0 Å². The lowest BCUT2D eigenvalue weighted by Gasteiger charge is -2.44. The first-order valence-electron chi connectivity index (χ1n) is 7.50. The lowest BCUT2D eigenvalue weighted by Crippen LogP contribution is -2.57. The quantitative estimate of drug-likeness (QED) is 0.892. The third kappa shape index (κ3) is 3.49. The Morgan fingerprint density at radius 2 is 1.90 bits per heavy atom. The van der Waals surface area contributed by atoms with Crippen LogP contribution in [0.2, 0.25) is 0 Å². The Balaban J connectivity index is 2.10. The van der Waals surface area contributed by atoms with E-state index in [1.54, 1.807) is 6.07 Å². The van der Waals surface area contributed by atoms with E-state index in [2.05, 4.69) is 35.9 Å². The fourth-order valence-electron chi connectivity index (χ4n) is 2.91. The highest BCUT2D eigenvalue weighted by atomic mass is 19.1. The van der Waals surface area contributed by atoms with Gasteiger partial charge in [-0.05, 0) is 32.9 Å². The summed E-state index contributed by atoms with van der Waals surface area (Å²) in [5, 5.41) is 3.38. The molecule has 1 saturated heterocycles. The number of nitrogens with zero attached hydrogens (tertiary/aromatic N) is 2. The third-order valence-electron chi connectivity index (χ3n) is 4.13. The largest absolute Gasteiger partial charge is 0.368 e. The normalized spacial score (nSPS) is 17.2. The van der Waals surface area contributed by atoms with Crippen molar-refractivity contribution < 1.29 is 4.39 Å². The van der Waals surface area contributed by atoms with Crippen molar-refractivity contribution in [3.8, 4) is 0 Å². The van der Waals surface area contributed by atoms with E-state index in [1.807, 2.05) is 12.1 Å². The molecule has 1 aromatic carbocycles. The van der Waals surface area contributed by atoms with E-state index in [0.29, 0.717) is 5.69 Å². The first-order valence-corrected chi connectivity index (χ1v) is 7.50. The van der Waals surface area contributed by atoms with Crippen LogP contribution in [0.4, 0.5) is 10.1 Å². The van der Waals surface area contributed by atoms with Gasteiger partial charge in [0.1, 0.15) is 5.82 Å². The fraction of sp³-hybridized carbons (Fsp3) is 0.625. The maximum absolute atomic E-state index is 14.0. The highest BCUT2D eigenvalue weighted by Gasteiger charge is 2.30. The van der Waals surface area contributed by atoms with Crippen LogP contribution in [-0.4, -0.2) is 49.7 Å². The zero-order valence-electron chi connectivity index (χ0n) is 12.8. The minimum Gasteiger partial charge on any atom is -0.368 e. The van der Waals surface area contributed by atoms with E-state index in [4.69, 9.17) is 0 Å². The molecule has 0 bridgehead atoms. The molecule has 0 amide bonds. The van der Waals surface area contributed by atoms with Gasteiger partial charge >= 0.3 is 0 Å². The van der Waals surface area contributed by atoms with Gasteiger partial charge in [0.2, 0.25) is 0 Å². The molecular weight excluding hydrogens is 253 g/mol. The summed E-state index contributed by atoms with van der Waals surface area (Å²) >= 11 is 0. The molecule has 112 valence electrons. The summed E-state index contributed by atoms with van der Waals surface area (Å²) < 4.78 is 14.0. The van der Waals surface area contributed by atoms with Crippen LogP contribution in [-0.2, 0) is 0 Å². The molecule has 1 aliphatic heterocycles. The van der Waals surface area contributed by atoms with Crippen LogP contribution < -0.4 is 10.2 Å². The van der Waals surface area contributed by atoms with E-state index in [1.165, 1.54) is 6.07 Å². The molecule has 0 aromatic heterocycles. The first kappa shape index (κ1) is 15.3. The Morgan fingerprint density at radius 1 is 1.25 bits per heavy atom. The van der Waals surface area contributed by atoms with E-state index < -0.39 is 0 Å². The zero-order chi connectivity index (χ0) is 14.6. The minimum atomic E-state index is -0.134. The summed E-state index contributed by atoms with van der Waals surface area (Å²) in [5.41, 5.74) is 0.749. The standard InChI is InChI=1S/C16H26FN3/c1-4-19(15-8-6-5-7-14(15)17)13-16(2,3)20-11-9-18-10-12-20/h5-8,18H,4,9-13H2,1-3H3. The molecule has 1 aliphatic rings. The summed E-state index contributed by atoms with van der Waals surface area (Å²) in [7, 11) is 0. The van der Waals surface area contributed by atoms with Crippen molar-refractivity contribution in [2.75, 3.05) is 44.2 Å². The Hall–Kier alpha value is -1.13. The lowest BCUT2D eigenvalue weighted by molar-refractivity contribution is 0.108. The smallest absolute Gasteiger partial charge is 0.146 e. The second-order valence-electron chi connectivity index (χ2n) is 6.02. The molecular formula is C16H26FN3. The van der Waals surface area contributed by atoms with Gasteiger partial charge in [0.25, 0.3) is 0 Å². The van der Waals surface area contributed by atoms with Gasteiger partial charge in [-0.2, -0.15) is 0 Å². The number of hydrogen-bond acceptors (Lipinski definition) is 3. The molecule has 0 atom stereocenters. The minimum absolute atomic E-state index is 0.0421. The number of likely N-dealkylation sites (N-methyl/N-ethyl adjacent to an activating group) is 1. The van der Waals surface area contributed by atoms with Crippen molar-refractivity contribution in [3.63, 3.8) is 0 Å². The molecule has 0 radical (unpaired) electrons. The van der Waals surface area contributed by atoms with Crippen LogP contribution in [0.25, 0.3) is 0 Å². The van der Waals surface area contributed by atoms with E-state index in [-0.39, 0.29) is 11.4 Å². The number of halogens is 1. The monoisotopic (exact) mass is 279 g/mol. The highest BCUT2D eigenvalue weighted by Crippen LogP contribution is 2.23. The second kappa shape index (κ2) is 6.55. The van der Waals surface area contributed by atoms with E-state index in [9.17, 15) is 4.39 Å². The molecule has 0 saturated carbocycles. The predicted octanol–water partition coefficient (Wildman–Crippen LogP) is 2.34. The topological polar surface area (TPSA) is 18.5 Å². The van der Waals surface area contributed by atoms with Crippen LogP contribution in [0.1, 0.15) is 20.8 Å². The Kier molecular flexibility index (Phi) is 5.00. The summed E-state index contributed by atoms with van der Waals surface area (Å²) in [4.78, 5) is 4.63. The van der Waals surface area contributed by atoms with Crippen molar-refractivity contribution in [1.29, 1.82) is 0 Å². The molecule has 1 aromatic rings. The Bertz CT molecular complexity index is 427. The number of rotatable bonds is 5. The maximum Gasteiger partial charge on any atom is 0.146 e. The lowest BCUT2D eigenvalue weighted by atomic mass is 10.00. The number of piperazine rings is 1. The Morgan fingerprint density at radius 3 is 2.50 bits per heavy atom. The molecule has 4 heteroatoms. The summed E-state index contributed by atoms with van der Waals surface area (Å²) in [6.45, 7) is 12.4.